The molecule has 0 aliphatic carbocycles. The predicted molar refractivity (Wildman–Crippen MR) is 161 cm³/mol. The van der Waals surface area contributed by atoms with Gasteiger partial charge in [-0.3, -0.25) is 9.59 Å². The van der Waals surface area contributed by atoms with E-state index in [9.17, 15) is 9.59 Å². The van der Waals surface area contributed by atoms with Crippen LogP contribution in [0.2, 0.25) is 0 Å². The molecule has 11 nitrogen and oxygen atoms in total. The molecule has 3 aliphatic rings. The molecule has 214 valence electrons. The van der Waals surface area contributed by atoms with E-state index in [1.165, 1.54) is 6.42 Å². The lowest BCUT2D eigenvalue weighted by atomic mass is 9.99. The van der Waals surface area contributed by atoms with E-state index < -0.39 is 5.92 Å². The molecule has 42 heavy (non-hydrogen) atoms. The van der Waals surface area contributed by atoms with Crippen molar-refractivity contribution in [2.24, 2.45) is 5.10 Å². The summed E-state index contributed by atoms with van der Waals surface area (Å²) in [5.74, 6) is 0.367. The van der Waals surface area contributed by atoms with Crippen molar-refractivity contribution in [2.75, 3.05) is 56.5 Å². The van der Waals surface area contributed by atoms with E-state index in [4.69, 9.17) is 0 Å². The molecule has 3 aliphatic heterocycles. The molecule has 7 rings (SSSR count). The van der Waals surface area contributed by atoms with Crippen molar-refractivity contribution in [3.63, 3.8) is 0 Å². The molecule has 2 amide bonds. The van der Waals surface area contributed by atoms with Crippen LogP contribution in [0.15, 0.2) is 60.2 Å². The number of hydrogen-bond donors (Lipinski definition) is 2. The van der Waals surface area contributed by atoms with Gasteiger partial charge in [-0.15, -0.1) is 0 Å². The highest BCUT2D eigenvalue weighted by atomic mass is 16.2. The van der Waals surface area contributed by atoms with Crippen LogP contribution in [0.4, 0.5) is 11.5 Å². The maximum Gasteiger partial charge on any atom is 0.257 e. The van der Waals surface area contributed by atoms with Gasteiger partial charge in [-0.2, -0.15) is 0 Å². The number of fused-ring (bicyclic) bond motifs is 2. The molecule has 2 N–H and O–H groups in total. The lowest BCUT2D eigenvalue weighted by Gasteiger charge is -2.33. The second-order valence-electron chi connectivity index (χ2n) is 11.3. The molecule has 2 saturated heterocycles. The van der Waals surface area contributed by atoms with Gasteiger partial charge in [0, 0.05) is 74.7 Å². The van der Waals surface area contributed by atoms with Crippen molar-refractivity contribution < 1.29 is 14.3 Å². The van der Waals surface area contributed by atoms with Crippen LogP contribution in [0.1, 0.15) is 41.2 Å². The third-order valence-electron chi connectivity index (χ3n) is 8.49. The summed E-state index contributed by atoms with van der Waals surface area (Å²) in [6.45, 7) is 5.49. The molecule has 0 bridgehead atoms. The van der Waals surface area contributed by atoms with Crippen LogP contribution in [-0.4, -0.2) is 89.1 Å². The summed E-state index contributed by atoms with van der Waals surface area (Å²) < 4.78 is 1.77. The van der Waals surface area contributed by atoms with Gasteiger partial charge in [0.15, 0.2) is 5.92 Å². The summed E-state index contributed by atoms with van der Waals surface area (Å²) in [6.07, 6.45) is 12.1. The van der Waals surface area contributed by atoms with Crippen LogP contribution >= 0.6 is 0 Å². The minimum Gasteiger partial charge on any atom is -0.354 e. The molecular formula is C31H34N9O2+. The molecule has 0 spiro atoms. The molecule has 4 aromatic heterocycles. The number of likely N-dealkylation sites (N-methyl/N-ethyl adjacent to an activating group) is 1. The lowest BCUT2D eigenvalue weighted by Crippen LogP contribution is -2.44. The highest BCUT2D eigenvalue weighted by Gasteiger charge is 2.37. The highest BCUT2D eigenvalue weighted by molar-refractivity contribution is 6.07. The molecule has 11 heteroatoms. The van der Waals surface area contributed by atoms with Crippen molar-refractivity contribution in [3.8, 4) is 11.1 Å². The number of rotatable bonds is 5. The first-order valence-corrected chi connectivity index (χ1v) is 14.6. The molecular weight excluding hydrogens is 530 g/mol. The van der Waals surface area contributed by atoms with E-state index in [2.05, 4.69) is 42.2 Å². The number of aromatic nitrogens is 4. The second kappa shape index (κ2) is 11.0. The Morgan fingerprint density at radius 2 is 1.81 bits per heavy atom. The van der Waals surface area contributed by atoms with Gasteiger partial charge in [-0.25, -0.2) is 9.97 Å². The zero-order valence-electron chi connectivity index (χ0n) is 23.7. The zero-order valence-corrected chi connectivity index (χ0v) is 23.7. The van der Waals surface area contributed by atoms with Gasteiger partial charge in [-0.05, 0) is 55.2 Å². The third-order valence-corrected chi connectivity index (χ3v) is 8.49. The van der Waals surface area contributed by atoms with Crippen LogP contribution in [-0.2, 0) is 4.79 Å². The smallest absolute Gasteiger partial charge is 0.257 e. The van der Waals surface area contributed by atoms with Crippen molar-refractivity contribution >= 4 is 40.6 Å². The molecule has 7 heterocycles. The molecule has 4 aromatic rings. The Morgan fingerprint density at radius 3 is 2.60 bits per heavy atom. The average molecular weight is 565 g/mol. The molecule has 0 saturated carbocycles. The number of amides is 2. The first-order valence-electron chi connectivity index (χ1n) is 14.6. The summed E-state index contributed by atoms with van der Waals surface area (Å²) in [4.78, 5) is 45.3. The van der Waals surface area contributed by atoms with Crippen LogP contribution in [0.3, 0.4) is 0 Å². The Labute approximate surface area is 243 Å². The molecule has 1 atom stereocenters. The van der Waals surface area contributed by atoms with Crippen molar-refractivity contribution in [2.45, 2.75) is 25.2 Å². The lowest BCUT2D eigenvalue weighted by molar-refractivity contribution is -0.680. The maximum absolute atomic E-state index is 13.3. The largest absolute Gasteiger partial charge is 0.354 e. The number of likely N-dealkylation sites (tertiary alicyclic amines) is 1. The maximum atomic E-state index is 13.3. The third kappa shape index (κ3) is 5.00. The van der Waals surface area contributed by atoms with E-state index in [0.717, 1.165) is 80.1 Å². The number of aromatic amines is 1. The van der Waals surface area contributed by atoms with E-state index in [0.29, 0.717) is 16.9 Å². The Hall–Kier alpha value is -4.64. The number of nitrogens with zero attached hydrogens (tertiary/aromatic N) is 7. The molecule has 0 aromatic carbocycles. The van der Waals surface area contributed by atoms with Crippen LogP contribution in [0.25, 0.3) is 22.2 Å². The van der Waals surface area contributed by atoms with Gasteiger partial charge in [0.05, 0.1) is 23.7 Å². The van der Waals surface area contributed by atoms with Gasteiger partial charge in [0.25, 0.3) is 5.91 Å². The topological polar surface area (TPSA) is 114 Å². The van der Waals surface area contributed by atoms with Crippen LogP contribution in [0.5, 0.6) is 0 Å². The normalized spacial score (nSPS) is 18.8. The van der Waals surface area contributed by atoms with Gasteiger partial charge >= 0.3 is 0 Å². The number of nitrogens with one attached hydrogen (secondary N) is 2. The number of pyridine rings is 3. The van der Waals surface area contributed by atoms with Crippen molar-refractivity contribution in [1.29, 1.82) is 0 Å². The molecule has 0 radical (unpaired) electrons. The van der Waals surface area contributed by atoms with Crippen LogP contribution in [0, 0.1) is 0 Å². The van der Waals surface area contributed by atoms with Gasteiger partial charge < -0.3 is 25.0 Å². The Kier molecular flexibility index (Phi) is 6.87. The minimum absolute atomic E-state index is 0.104. The fraction of sp³-hybridized carbons (Fsp3) is 0.355. The summed E-state index contributed by atoms with van der Waals surface area (Å²) in [7, 11) is 2.13. The fourth-order valence-corrected chi connectivity index (χ4v) is 5.98. The van der Waals surface area contributed by atoms with Gasteiger partial charge in [-0.1, -0.05) is 4.68 Å². The number of anilines is 2. The Morgan fingerprint density at radius 1 is 0.976 bits per heavy atom. The molecule has 1 unspecified atom stereocenters. The van der Waals surface area contributed by atoms with Gasteiger partial charge in [0.2, 0.25) is 17.8 Å². The first kappa shape index (κ1) is 26.3. The van der Waals surface area contributed by atoms with E-state index in [1.807, 2.05) is 47.6 Å². The monoisotopic (exact) mass is 564 g/mol. The van der Waals surface area contributed by atoms with Crippen molar-refractivity contribution in [3.05, 3.63) is 66.4 Å². The fourth-order valence-electron chi connectivity index (χ4n) is 5.98. The van der Waals surface area contributed by atoms with E-state index in [1.54, 1.807) is 23.3 Å². The van der Waals surface area contributed by atoms with E-state index >= 15 is 0 Å². The quantitative estimate of drug-likeness (QED) is 0.361. The van der Waals surface area contributed by atoms with Crippen LogP contribution < -0.4 is 14.9 Å². The SMILES string of the molecule is CN1CCN(c2ccc(NC(=O)c3cnc4[nH]cc(-c5cc[n+]6c(c5)C(C(=O)N5CCCCC5)C=N6)c4c3)cn2)CC1. The molecule has 2 fully saturated rings. The highest BCUT2D eigenvalue weighted by Crippen LogP contribution is 2.31. The van der Waals surface area contributed by atoms with Crippen molar-refractivity contribution in [1.82, 2.24) is 24.8 Å². The Balaban J connectivity index is 1.10. The second-order valence-corrected chi connectivity index (χ2v) is 11.3. The number of piperidine rings is 1. The summed E-state index contributed by atoms with van der Waals surface area (Å²) >= 11 is 0. The Bertz CT molecular complexity index is 1670. The van der Waals surface area contributed by atoms with Gasteiger partial charge in [0.1, 0.15) is 11.5 Å². The number of hydrogen-bond acceptors (Lipinski definition) is 7. The number of carbonyl (C=O) groups excluding carboxylic acids is 2. The first-order chi connectivity index (χ1) is 20.5. The zero-order chi connectivity index (χ0) is 28.6. The summed E-state index contributed by atoms with van der Waals surface area (Å²) in [5, 5.41) is 8.24. The number of piperazine rings is 1. The summed E-state index contributed by atoms with van der Waals surface area (Å²) in [5.41, 5.74) is 4.44. The van der Waals surface area contributed by atoms with E-state index in [-0.39, 0.29) is 11.8 Å². The summed E-state index contributed by atoms with van der Waals surface area (Å²) in [6, 6.07) is 9.67. The predicted octanol–water partition coefficient (Wildman–Crippen LogP) is 2.86. The standard InChI is InChI=1S/C31H33N9O2/c1-37-11-13-38(14-12-37)28-6-5-23(18-32-28)36-30(41)22-15-24-25(19-34-29(24)33-17-22)21-7-10-40-27(16-21)26(20-35-40)31(42)39-8-3-2-4-9-39/h5-7,10,15-20,26H,2-4,8-9,11-14H2,1H3,(H,36,41)/p+1. The minimum atomic E-state index is -0.399. The average Bonchev–Trinajstić information content (AvgIpc) is 3.65. The number of carbonyl (C=O) groups is 2. The number of H-pyrrole nitrogens is 1.